The Balaban J connectivity index is 2.48. The molecule has 0 spiro atoms. The number of hydrogen-bond donors (Lipinski definition) is 2. The van der Waals surface area contributed by atoms with E-state index in [2.05, 4.69) is 10.1 Å². The van der Waals surface area contributed by atoms with Crippen LogP contribution in [0.25, 0.3) is 0 Å². The van der Waals surface area contributed by atoms with Gasteiger partial charge in [-0.25, -0.2) is 9.18 Å². The molecular weight excluding hydrogens is 257 g/mol. The third kappa shape index (κ3) is 4.55. The summed E-state index contributed by atoms with van der Waals surface area (Å²) in [6, 6.07) is 4.44. The number of amides is 1. The molecule has 1 rings (SSSR count). The van der Waals surface area contributed by atoms with Gasteiger partial charge in [0.15, 0.2) is 24.2 Å². The number of methoxy groups -OCH3 is 1. The van der Waals surface area contributed by atoms with Gasteiger partial charge in [-0.3, -0.25) is 4.79 Å². The van der Waals surface area contributed by atoms with Gasteiger partial charge in [-0.2, -0.15) is 0 Å². The molecule has 0 heterocycles. The molecule has 1 atom stereocenters. The Morgan fingerprint density at radius 1 is 1.42 bits per heavy atom. The van der Waals surface area contributed by atoms with Crippen molar-refractivity contribution in [1.29, 1.82) is 0 Å². The van der Waals surface area contributed by atoms with Crippen LogP contribution in [-0.2, 0) is 14.3 Å². The van der Waals surface area contributed by atoms with E-state index in [0.717, 1.165) is 7.11 Å². The van der Waals surface area contributed by atoms with Crippen LogP contribution >= 0.6 is 0 Å². The number of esters is 1. The minimum atomic E-state index is -1.17. The number of rotatable bonds is 6. The van der Waals surface area contributed by atoms with Crippen molar-refractivity contribution in [3.05, 3.63) is 30.1 Å². The summed E-state index contributed by atoms with van der Waals surface area (Å²) in [6.45, 7) is -1.08. The van der Waals surface area contributed by atoms with Gasteiger partial charge in [0.05, 0.1) is 13.7 Å². The Labute approximate surface area is 109 Å². The van der Waals surface area contributed by atoms with E-state index in [1.807, 2.05) is 0 Å². The molecule has 6 nitrogen and oxygen atoms in total. The van der Waals surface area contributed by atoms with Crippen molar-refractivity contribution in [3.8, 4) is 5.75 Å². The van der Waals surface area contributed by atoms with Crippen molar-refractivity contribution in [1.82, 2.24) is 5.32 Å². The molecule has 2 N–H and O–H groups in total. The Morgan fingerprint density at radius 2 is 2.11 bits per heavy atom. The number of ether oxygens (including phenoxy) is 2. The molecule has 0 saturated heterocycles. The van der Waals surface area contributed by atoms with E-state index in [4.69, 9.17) is 9.84 Å². The van der Waals surface area contributed by atoms with Crippen molar-refractivity contribution >= 4 is 11.9 Å². The van der Waals surface area contributed by atoms with Crippen molar-refractivity contribution in [2.45, 2.75) is 6.04 Å². The number of halogens is 1. The zero-order chi connectivity index (χ0) is 14.3. The van der Waals surface area contributed by atoms with Crippen LogP contribution in [0.1, 0.15) is 0 Å². The number of carbonyl (C=O) groups is 2. The molecule has 7 heteroatoms. The highest BCUT2D eigenvalue weighted by atomic mass is 19.1. The summed E-state index contributed by atoms with van der Waals surface area (Å²) < 4.78 is 22.5. The highest BCUT2D eigenvalue weighted by Crippen LogP contribution is 2.14. The molecule has 19 heavy (non-hydrogen) atoms. The number of nitrogens with one attached hydrogen (secondary N) is 1. The second-order valence-electron chi connectivity index (χ2n) is 3.54. The number of aliphatic hydroxyl groups is 1. The van der Waals surface area contributed by atoms with Crippen LogP contribution in [0.4, 0.5) is 4.39 Å². The second kappa shape index (κ2) is 7.32. The maximum absolute atomic E-state index is 13.2. The fourth-order valence-electron chi connectivity index (χ4n) is 1.26. The highest BCUT2D eigenvalue weighted by molar-refractivity contribution is 5.85. The molecule has 1 amide bonds. The van der Waals surface area contributed by atoms with Crippen molar-refractivity contribution < 1.29 is 28.6 Å². The molecule has 0 aromatic heterocycles. The fraction of sp³-hybridized carbons (Fsp3) is 0.333. The highest BCUT2D eigenvalue weighted by Gasteiger charge is 2.20. The SMILES string of the molecule is COC(=O)[C@@H](CO)NC(=O)COc1ccccc1F. The van der Waals surface area contributed by atoms with Crippen LogP contribution in [0.3, 0.4) is 0 Å². The van der Waals surface area contributed by atoms with Gasteiger partial charge < -0.3 is 19.9 Å². The van der Waals surface area contributed by atoms with Gasteiger partial charge in [0, 0.05) is 0 Å². The minimum Gasteiger partial charge on any atom is -0.481 e. The molecule has 0 unspecified atom stereocenters. The topological polar surface area (TPSA) is 84.9 Å². The number of para-hydroxylation sites is 1. The summed E-state index contributed by atoms with van der Waals surface area (Å²) in [4.78, 5) is 22.5. The van der Waals surface area contributed by atoms with Crippen LogP contribution in [-0.4, -0.2) is 43.3 Å². The van der Waals surface area contributed by atoms with Gasteiger partial charge in [-0.15, -0.1) is 0 Å². The molecule has 0 aliphatic rings. The lowest BCUT2D eigenvalue weighted by Gasteiger charge is -2.14. The smallest absolute Gasteiger partial charge is 0.330 e. The summed E-state index contributed by atoms with van der Waals surface area (Å²) in [5.74, 6) is -2.12. The normalized spacial score (nSPS) is 11.5. The molecule has 0 aliphatic heterocycles. The Bertz CT molecular complexity index is 452. The van der Waals surface area contributed by atoms with Gasteiger partial charge in [-0.1, -0.05) is 12.1 Å². The predicted octanol–water partition coefficient (Wildman–Crippen LogP) is -0.145. The molecule has 0 aliphatic carbocycles. The molecular formula is C12H14FNO5. The lowest BCUT2D eigenvalue weighted by Crippen LogP contribution is -2.45. The van der Waals surface area contributed by atoms with Crippen LogP contribution < -0.4 is 10.1 Å². The average Bonchev–Trinajstić information content (AvgIpc) is 2.43. The molecule has 1 aromatic rings. The van der Waals surface area contributed by atoms with E-state index in [-0.39, 0.29) is 5.75 Å². The zero-order valence-electron chi connectivity index (χ0n) is 10.3. The maximum Gasteiger partial charge on any atom is 0.330 e. The average molecular weight is 271 g/mol. The molecule has 1 aromatic carbocycles. The van der Waals surface area contributed by atoms with Crippen LogP contribution in [0.2, 0.25) is 0 Å². The van der Waals surface area contributed by atoms with E-state index in [9.17, 15) is 14.0 Å². The fourth-order valence-corrected chi connectivity index (χ4v) is 1.26. The van der Waals surface area contributed by atoms with E-state index in [1.54, 1.807) is 6.07 Å². The third-order valence-corrected chi connectivity index (χ3v) is 2.20. The lowest BCUT2D eigenvalue weighted by molar-refractivity contribution is -0.146. The molecule has 0 bridgehead atoms. The molecule has 0 fully saturated rings. The van der Waals surface area contributed by atoms with Crippen molar-refractivity contribution in [2.75, 3.05) is 20.3 Å². The molecule has 0 radical (unpaired) electrons. The maximum atomic E-state index is 13.2. The number of carbonyl (C=O) groups excluding carboxylic acids is 2. The minimum absolute atomic E-state index is 0.0729. The summed E-state index contributed by atoms with van der Waals surface area (Å²) in [6.07, 6.45) is 0. The number of aliphatic hydroxyl groups excluding tert-OH is 1. The van der Waals surface area contributed by atoms with E-state index >= 15 is 0 Å². The van der Waals surface area contributed by atoms with E-state index in [1.165, 1.54) is 18.2 Å². The Hall–Kier alpha value is -2.15. The first kappa shape index (κ1) is 14.9. The van der Waals surface area contributed by atoms with Gasteiger partial charge in [-0.05, 0) is 12.1 Å². The summed E-state index contributed by atoms with van der Waals surface area (Å²) in [5.41, 5.74) is 0. The van der Waals surface area contributed by atoms with E-state index < -0.39 is 36.9 Å². The summed E-state index contributed by atoms with van der Waals surface area (Å²) in [7, 11) is 1.13. The standard InChI is InChI=1S/C12H14FNO5/c1-18-12(17)9(6-15)14-11(16)7-19-10-5-3-2-4-8(10)13/h2-5,9,15H,6-7H2,1H3,(H,14,16)/t9-/m1/s1. The largest absolute Gasteiger partial charge is 0.481 e. The van der Waals surface area contributed by atoms with E-state index in [0.29, 0.717) is 0 Å². The lowest BCUT2D eigenvalue weighted by atomic mass is 10.3. The third-order valence-electron chi connectivity index (χ3n) is 2.20. The summed E-state index contributed by atoms with van der Waals surface area (Å²) in [5, 5.41) is 11.1. The Morgan fingerprint density at radius 3 is 2.68 bits per heavy atom. The van der Waals surface area contributed by atoms with Gasteiger partial charge in [0.1, 0.15) is 0 Å². The Kier molecular flexibility index (Phi) is 5.74. The van der Waals surface area contributed by atoms with Crippen LogP contribution in [0, 0.1) is 5.82 Å². The van der Waals surface area contributed by atoms with Crippen LogP contribution in [0.5, 0.6) is 5.75 Å². The first-order valence-corrected chi connectivity index (χ1v) is 5.44. The monoisotopic (exact) mass is 271 g/mol. The van der Waals surface area contributed by atoms with Gasteiger partial charge in [0.2, 0.25) is 0 Å². The molecule has 0 saturated carbocycles. The second-order valence-corrected chi connectivity index (χ2v) is 3.54. The predicted molar refractivity (Wildman–Crippen MR) is 62.9 cm³/mol. The van der Waals surface area contributed by atoms with Crippen molar-refractivity contribution in [3.63, 3.8) is 0 Å². The number of benzene rings is 1. The summed E-state index contributed by atoms with van der Waals surface area (Å²) >= 11 is 0. The van der Waals surface area contributed by atoms with Crippen molar-refractivity contribution in [2.24, 2.45) is 0 Å². The zero-order valence-corrected chi connectivity index (χ0v) is 10.3. The first-order valence-electron chi connectivity index (χ1n) is 5.44. The number of hydrogen-bond acceptors (Lipinski definition) is 5. The van der Waals surface area contributed by atoms with Crippen LogP contribution in [0.15, 0.2) is 24.3 Å². The van der Waals surface area contributed by atoms with Gasteiger partial charge in [0.25, 0.3) is 5.91 Å². The molecule has 104 valence electrons. The quantitative estimate of drug-likeness (QED) is 0.703. The first-order chi connectivity index (χ1) is 9.08. The van der Waals surface area contributed by atoms with Gasteiger partial charge >= 0.3 is 5.97 Å².